The minimum atomic E-state index is -0.0648. The monoisotopic (exact) mass is 445 g/mol. The van der Waals surface area contributed by atoms with Gasteiger partial charge in [-0.25, -0.2) is 0 Å². The molecule has 32 heavy (non-hydrogen) atoms. The first kappa shape index (κ1) is 20.7. The van der Waals surface area contributed by atoms with E-state index in [-0.39, 0.29) is 11.9 Å². The van der Waals surface area contributed by atoms with E-state index in [0.717, 1.165) is 43.9 Å². The second-order valence-corrected chi connectivity index (χ2v) is 8.62. The fourth-order valence-electron chi connectivity index (χ4n) is 4.17. The van der Waals surface area contributed by atoms with Crippen molar-refractivity contribution in [2.45, 2.75) is 25.4 Å². The number of fused-ring (bicyclic) bond motifs is 1. The third kappa shape index (κ3) is 4.52. The molecule has 3 heterocycles. The molecule has 0 saturated carbocycles. The van der Waals surface area contributed by atoms with Crippen LogP contribution in [0.2, 0.25) is 5.02 Å². The normalized spacial score (nSPS) is 15.2. The molecular weight excluding hydrogens is 422 g/mol. The van der Waals surface area contributed by atoms with E-state index < -0.39 is 0 Å². The Morgan fingerprint density at radius 3 is 2.50 bits per heavy atom. The number of benzene rings is 2. The van der Waals surface area contributed by atoms with Crippen molar-refractivity contribution in [3.05, 3.63) is 89.1 Å². The topological polar surface area (TPSA) is 62.5 Å². The number of hydrogen-bond donors (Lipinski definition) is 1. The standard InChI is InChI=1S/C25H24ClN5O/c26-21-8-6-19(7-9-21)24-29-28-23-16-20(10-15-31(23)24)25(32)27-22-11-13-30(14-12-22)17-18-4-2-1-3-5-18/h1-10,15-16,22H,11-14,17H2,(H,27,32). The predicted molar refractivity (Wildman–Crippen MR) is 126 cm³/mol. The summed E-state index contributed by atoms with van der Waals surface area (Å²) in [5.41, 5.74) is 3.48. The molecule has 1 aliphatic rings. The molecule has 2 aromatic carbocycles. The van der Waals surface area contributed by atoms with Crippen molar-refractivity contribution in [3.63, 3.8) is 0 Å². The van der Waals surface area contributed by atoms with Gasteiger partial charge in [-0.15, -0.1) is 10.2 Å². The van der Waals surface area contributed by atoms with Gasteiger partial charge in [-0.05, 0) is 54.8 Å². The molecule has 1 saturated heterocycles. The highest BCUT2D eigenvalue weighted by Gasteiger charge is 2.21. The van der Waals surface area contributed by atoms with E-state index in [4.69, 9.17) is 11.6 Å². The number of nitrogens with zero attached hydrogens (tertiary/aromatic N) is 4. The van der Waals surface area contributed by atoms with Gasteiger partial charge in [0.1, 0.15) is 0 Å². The number of rotatable bonds is 5. The van der Waals surface area contributed by atoms with Crippen molar-refractivity contribution in [1.29, 1.82) is 0 Å². The fourth-order valence-corrected chi connectivity index (χ4v) is 4.30. The minimum absolute atomic E-state index is 0.0648. The summed E-state index contributed by atoms with van der Waals surface area (Å²) in [6.45, 7) is 2.92. The summed E-state index contributed by atoms with van der Waals surface area (Å²) in [6, 6.07) is 21.8. The lowest BCUT2D eigenvalue weighted by Gasteiger charge is -2.32. The Morgan fingerprint density at radius 2 is 1.75 bits per heavy atom. The van der Waals surface area contributed by atoms with Crippen LogP contribution in [0.15, 0.2) is 72.9 Å². The van der Waals surface area contributed by atoms with Crippen LogP contribution in [0.4, 0.5) is 0 Å². The number of amides is 1. The van der Waals surface area contributed by atoms with Crippen LogP contribution in [0.5, 0.6) is 0 Å². The van der Waals surface area contributed by atoms with Crippen molar-refractivity contribution < 1.29 is 4.79 Å². The van der Waals surface area contributed by atoms with E-state index in [2.05, 4.69) is 44.7 Å². The highest BCUT2D eigenvalue weighted by atomic mass is 35.5. The van der Waals surface area contributed by atoms with Gasteiger partial charge in [-0.1, -0.05) is 41.9 Å². The molecule has 7 heteroatoms. The van der Waals surface area contributed by atoms with Gasteiger partial charge in [0.05, 0.1) is 0 Å². The van der Waals surface area contributed by atoms with Crippen LogP contribution in [0.3, 0.4) is 0 Å². The Bertz CT molecular complexity index is 1210. The van der Waals surface area contributed by atoms with E-state index in [1.807, 2.05) is 47.0 Å². The summed E-state index contributed by atoms with van der Waals surface area (Å²) in [5.74, 6) is 0.652. The second kappa shape index (κ2) is 9.10. The van der Waals surface area contributed by atoms with Crippen LogP contribution >= 0.6 is 11.6 Å². The number of halogens is 1. The maximum Gasteiger partial charge on any atom is 0.251 e. The summed E-state index contributed by atoms with van der Waals surface area (Å²) < 4.78 is 1.88. The molecule has 1 N–H and O–H groups in total. The molecule has 0 radical (unpaired) electrons. The Labute approximate surface area is 191 Å². The van der Waals surface area contributed by atoms with Crippen molar-refractivity contribution in [2.75, 3.05) is 13.1 Å². The van der Waals surface area contributed by atoms with E-state index in [0.29, 0.717) is 16.2 Å². The molecule has 1 aliphatic heterocycles. The largest absolute Gasteiger partial charge is 0.349 e. The first-order valence-electron chi connectivity index (χ1n) is 10.8. The van der Waals surface area contributed by atoms with Crippen LogP contribution in [-0.4, -0.2) is 44.5 Å². The van der Waals surface area contributed by atoms with E-state index in [9.17, 15) is 4.79 Å². The second-order valence-electron chi connectivity index (χ2n) is 8.18. The van der Waals surface area contributed by atoms with Gasteiger partial charge in [0, 0.05) is 48.0 Å². The molecule has 6 nitrogen and oxygen atoms in total. The smallest absolute Gasteiger partial charge is 0.251 e. The Balaban J connectivity index is 1.21. The van der Waals surface area contributed by atoms with Crippen LogP contribution in [0.1, 0.15) is 28.8 Å². The van der Waals surface area contributed by atoms with Crippen molar-refractivity contribution >= 4 is 23.2 Å². The average molecular weight is 446 g/mol. The van der Waals surface area contributed by atoms with Gasteiger partial charge >= 0.3 is 0 Å². The summed E-state index contributed by atoms with van der Waals surface area (Å²) in [4.78, 5) is 15.3. The molecule has 5 rings (SSSR count). The van der Waals surface area contributed by atoms with E-state index >= 15 is 0 Å². The number of carbonyl (C=O) groups excluding carboxylic acids is 1. The Kier molecular flexibility index (Phi) is 5.88. The highest BCUT2D eigenvalue weighted by molar-refractivity contribution is 6.30. The molecule has 0 aliphatic carbocycles. The predicted octanol–water partition coefficient (Wildman–Crippen LogP) is 4.44. The van der Waals surface area contributed by atoms with Gasteiger partial charge in [0.2, 0.25) is 0 Å². The maximum absolute atomic E-state index is 12.8. The van der Waals surface area contributed by atoms with Crippen molar-refractivity contribution in [2.24, 2.45) is 0 Å². The highest BCUT2D eigenvalue weighted by Crippen LogP contribution is 2.21. The first-order chi connectivity index (χ1) is 15.7. The number of carbonyl (C=O) groups is 1. The van der Waals surface area contributed by atoms with Gasteiger partial charge < -0.3 is 5.32 Å². The van der Waals surface area contributed by atoms with Gasteiger partial charge in [-0.3, -0.25) is 14.1 Å². The molecule has 0 unspecified atom stereocenters. The van der Waals surface area contributed by atoms with Gasteiger partial charge in [0.15, 0.2) is 11.5 Å². The molecule has 0 bridgehead atoms. The van der Waals surface area contributed by atoms with Crippen molar-refractivity contribution in [3.8, 4) is 11.4 Å². The number of nitrogens with one attached hydrogen (secondary N) is 1. The fraction of sp³-hybridized carbons (Fsp3) is 0.240. The lowest BCUT2D eigenvalue weighted by molar-refractivity contribution is 0.0909. The van der Waals surface area contributed by atoms with Gasteiger partial charge in [-0.2, -0.15) is 0 Å². The molecule has 162 valence electrons. The van der Waals surface area contributed by atoms with Crippen molar-refractivity contribution in [1.82, 2.24) is 24.8 Å². The van der Waals surface area contributed by atoms with Crippen LogP contribution < -0.4 is 5.32 Å². The molecule has 1 amide bonds. The third-order valence-corrected chi connectivity index (χ3v) is 6.20. The molecular formula is C25H24ClN5O. The summed E-state index contributed by atoms with van der Waals surface area (Å²) in [6.07, 6.45) is 3.75. The van der Waals surface area contributed by atoms with Gasteiger partial charge in [0.25, 0.3) is 5.91 Å². The van der Waals surface area contributed by atoms with E-state index in [1.165, 1.54) is 5.56 Å². The molecule has 0 atom stereocenters. The van der Waals surface area contributed by atoms with Crippen LogP contribution in [0, 0.1) is 0 Å². The first-order valence-corrected chi connectivity index (χ1v) is 11.2. The zero-order valence-corrected chi connectivity index (χ0v) is 18.4. The molecule has 2 aromatic heterocycles. The lowest BCUT2D eigenvalue weighted by Crippen LogP contribution is -2.44. The van der Waals surface area contributed by atoms with Crippen LogP contribution in [-0.2, 0) is 6.54 Å². The number of piperidine rings is 1. The zero-order valence-electron chi connectivity index (χ0n) is 17.6. The number of aromatic nitrogens is 3. The third-order valence-electron chi connectivity index (χ3n) is 5.95. The molecule has 0 spiro atoms. The number of pyridine rings is 1. The lowest BCUT2D eigenvalue weighted by atomic mass is 10.0. The zero-order chi connectivity index (χ0) is 21.9. The average Bonchev–Trinajstić information content (AvgIpc) is 3.25. The van der Waals surface area contributed by atoms with Crippen LogP contribution in [0.25, 0.3) is 17.0 Å². The van der Waals surface area contributed by atoms with E-state index in [1.54, 1.807) is 6.07 Å². The Hall–Kier alpha value is -3.22. The summed E-state index contributed by atoms with van der Waals surface area (Å²) in [5, 5.41) is 12.4. The minimum Gasteiger partial charge on any atom is -0.349 e. The number of likely N-dealkylation sites (tertiary alicyclic amines) is 1. The molecule has 4 aromatic rings. The Morgan fingerprint density at radius 1 is 1.00 bits per heavy atom. The SMILES string of the molecule is O=C(NC1CCN(Cc2ccccc2)CC1)c1ccn2c(-c3ccc(Cl)cc3)nnc2c1. The number of hydrogen-bond acceptors (Lipinski definition) is 4. The summed E-state index contributed by atoms with van der Waals surface area (Å²) >= 11 is 5.98. The maximum atomic E-state index is 12.8. The summed E-state index contributed by atoms with van der Waals surface area (Å²) in [7, 11) is 0. The quantitative estimate of drug-likeness (QED) is 0.493. The molecule has 1 fully saturated rings.